The largest absolute Gasteiger partial charge is 0.369 e. The van der Waals surface area contributed by atoms with Crippen LogP contribution in [0.3, 0.4) is 0 Å². The van der Waals surface area contributed by atoms with Crippen molar-refractivity contribution in [1.82, 2.24) is 20.3 Å². The molecule has 6 nitrogen and oxygen atoms in total. The molecule has 1 atom stereocenters. The lowest BCUT2D eigenvalue weighted by Gasteiger charge is -2.06. The Hall–Kier alpha value is -1.82. The second-order valence-corrected chi connectivity index (χ2v) is 4.03. The second kappa shape index (κ2) is 5.68. The summed E-state index contributed by atoms with van der Waals surface area (Å²) in [5, 5.41) is 11.8. The molecule has 2 aromatic rings. The van der Waals surface area contributed by atoms with E-state index in [1.54, 1.807) is 0 Å². The number of hydrogen-bond acceptors (Lipinski definition) is 6. The normalized spacial score (nSPS) is 12.6. The quantitative estimate of drug-likeness (QED) is 0.808. The molecule has 0 saturated carbocycles. The summed E-state index contributed by atoms with van der Waals surface area (Å²) in [6.07, 6.45) is 0.749. The predicted molar refractivity (Wildman–Crippen MR) is 64.7 cm³/mol. The van der Waals surface area contributed by atoms with Crippen molar-refractivity contribution in [2.45, 2.75) is 33.3 Å². The van der Waals surface area contributed by atoms with Gasteiger partial charge in [0.2, 0.25) is 5.82 Å². The summed E-state index contributed by atoms with van der Waals surface area (Å²) in [6.45, 7) is 6.48. The molecule has 0 aliphatic carbocycles. The number of aromatic nitrogens is 4. The van der Waals surface area contributed by atoms with Crippen molar-refractivity contribution in [3.63, 3.8) is 0 Å². The fourth-order valence-electron chi connectivity index (χ4n) is 1.39. The third kappa shape index (κ3) is 2.89. The first-order valence-corrected chi connectivity index (χ1v) is 5.96. The molecule has 0 aliphatic rings. The van der Waals surface area contributed by atoms with E-state index in [1.165, 1.54) is 0 Å². The molecular weight excluding hydrogens is 232 g/mol. The zero-order valence-corrected chi connectivity index (χ0v) is 10.8. The second-order valence-electron chi connectivity index (χ2n) is 4.03. The van der Waals surface area contributed by atoms with Crippen molar-refractivity contribution in [2.24, 2.45) is 0 Å². The Balaban J connectivity index is 2.12. The van der Waals surface area contributed by atoms with Gasteiger partial charge in [-0.05, 0) is 32.4 Å². The number of aryl methyl sites for hydroxylation is 1. The Kier molecular flexibility index (Phi) is 3.99. The van der Waals surface area contributed by atoms with Gasteiger partial charge in [0.15, 0.2) is 0 Å². The Morgan fingerprint density at radius 3 is 2.83 bits per heavy atom. The first kappa shape index (κ1) is 12.6. The van der Waals surface area contributed by atoms with Crippen molar-refractivity contribution in [3.8, 4) is 11.5 Å². The van der Waals surface area contributed by atoms with Crippen LogP contribution in [0.5, 0.6) is 0 Å². The molecule has 6 heteroatoms. The van der Waals surface area contributed by atoms with Crippen LogP contribution in [-0.2, 0) is 4.74 Å². The standard InChI is InChI=1S/C12H16N4O2/c1-4-7-17-9(3)12-13-11(16-18-12)10-6-5-8(2)14-15-10/h5-6,9H,4,7H2,1-3H3/t9-/m0/s1. The van der Waals surface area contributed by atoms with Gasteiger partial charge in [-0.2, -0.15) is 10.1 Å². The molecule has 0 spiro atoms. The highest BCUT2D eigenvalue weighted by Gasteiger charge is 2.16. The minimum Gasteiger partial charge on any atom is -0.369 e. The predicted octanol–water partition coefficient (Wildman–Crippen LogP) is 2.32. The first-order valence-electron chi connectivity index (χ1n) is 5.96. The van der Waals surface area contributed by atoms with Gasteiger partial charge in [0.1, 0.15) is 11.8 Å². The summed E-state index contributed by atoms with van der Waals surface area (Å²) < 4.78 is 10.7. The van der Waals surface area contributed by atoms with Crippen molar-refractivity contribution >= 4 is 0 Å². The Morgan fingerprint density at radius 1 is 1.33 bits per heavy atom. The van der Waals surface area contributed by atoms with Gasteiger partial charge in [-0.25, -0.2) is 0 Å². The average molecular weight is 248 g/mol. The molecule has 2 heterocycles. The van der Waals surface area contributed by atoms with Crippen molar-refractivity contribution < 1.29 is 9.26 Å². The van der Waals surface area contributed by atoms with Crippen LogP contribution < -0.4 is 0 Å². The van der Waals surface area contributed by atoms with E-state index in [1.807, 2.05) is 32.9 Å². The number of rotatable bonds is 5. The van der Waals surface area contributed by atoms with E-state index in [9.17, 15) is 0 Å². The van der Waals surface area contributed by atoms with Crippen molar-refractivity contribution in [3.05, 3.63) is 23.7 Å². The molecule has 0 N–H and O–H groups in total. The molecule has 0 bridgehead atoms. The Labute approximate surface area is 105 Å². The van der Waals surface area contributed by atoms with Crippen molar-refractivity contribution in [1.29, 1.82) is 0 Å². The molecule has 2 aromatic heterocycles. The van der Waals surface area contributed by atoms with Gasteiger partial charge in [0, 0.05) is 6.61 Å². The van der Waals surface area contributed by atoms with E-state index < -0.39 is 0 Å². The van der Waals surface area contributed by atoms with Crippen LogP contribution in [0, 0.1) is 6.92 Å². The topological polar surface area (TPSA) is 73.9 Å². The monoisotopic (exact) mass is 248 g/mol. The van der Waals surface area contributed by atoms with Crippen LogP contribution in [0.2, 0.25) is 0 Å². The highest BCUT2D eigenvalue weighted by atomic mass is 16.5. The lowest BCUT2D eigenvalue weighted by atomic mass is 10.3. The molecule has 96 valence electrons. The Morgan fingerprint density at radius 2 is 2.17 bits per heavy atom. The minimum absolute atomic E-state index is 0.204. The molecule has 0 fully saturated rings. The zero-order chi connectivity index (χ0) is 13.0. The highest BCUT2D eigenvalue weighted by molar-refractivity contribution is 5.46. The van der Waals surface area contributed by atoms with Crippen LogP contribution in [0.15, 0.2) is 16.7 Å². The van der Waals surface area contributed by atoms with Gasteiger partial charge in [-0.1, -0.05) is 12.1 Å². The van der Waals surface area contributed by atoms with Gasteiger partial charge < -0.3 is 9.26 Å². The molecule has 18 heavy (non-hydrogen) atoms. The molecule has 0 saturated heterocycles. The lowest BCUT2D eigenvalue weighted by molar-refractivity contribution is 0.0433. The van der Waals surface area contributed by atoms with Crippen LogP contribution in [0.4, 0.5) is 0 Å². The molecule has 0 amide bonds. The zero-order valence-electron chi connectivity index (χ0n) is 10.8. The van der Waals surface area contributed by atoms with Gasteiger partial charge >= 0.3 is 0 Å². The third-order valence-electron chi connectivity index (χ3n) is 2.39. The SMILES string of the molecule is CCCO[C@@H](C)c1nc(-c2ccc(C)nn2)no1. The summed E-state index contributed by atoms with van der Waals surface area (Å²) in [6, 6.07) is 3.67. The van der Waals surface area contributed by atoms with Crippen LogP contribution in [0.25, 0.3) is 11.5 Å². The molecule has 0 unspecified atom stereocenters. The Bertz CT molecular complexity index is 495. The molecule has 2 rings (SSSR count). The fourth-order valence-corrected chi connectivity index (χ4v) is 1.39. The average Bonchev–Trinajstić information content (AvgIpc) is 2.86. The molecule has 0 radical (unpaired) electrons. The third-order valence-corrected chi connectivity index (χ3v) is 2.39. The van der Waals surface area contributed by atoms with Gasteiger partial charge in [0.05, 0.1) is 5.69 Å². The van der Waals surface area contributed by atoms with E-state index >= 15 is 0 Å². The summed E-state index contributed by atoms with van der Waals surface area (Å²) >= 11 is 0. The van der Waals surface area contributed by atoms with Gasteiger partial charge in [-0.15, -0.1) is 5.10 Å². The summed E-state index contributed by atoms with van der Waals surface area (Å²) in [7, 11) is 0. The van der Waals surface area contributed by atoms with Crippen LogP contribution in [0.1, 0.15) is 38.0 Å². The molecule has 0 aliphatic heterocycles. The summed E-state index contributed by atoms with van der Waals surface area (Å²) in [4.78, 5) is 4.26. The van der Waals surface area contributed by atoms with E-state index in [4.69, 9.17) is 9.26 Å². The summed E-state index contributed by atoms with van der Waals surface area (Å²) in [5.74, 6) is 0.894. The number of nitrogens with zero attached hydrogens (tertiary/aromatic N) is 4. The van der Waals surface area contributed by atoms with Crippen molar-refractivity contribution in [2.75, 3.05) is 6.61 Å². The summed E-state index contributed by atoms with van der Waals surface area (Å²) in [5.41, 5.74) is 1.44. The fraction of sp³-hybridized carbons (Fsp3) is 0.500. The maximum Gasteiger partial charge on any atom is 0.255 e. The van der Waals surface area contributed by atoms with E-state index in [-0.39, 0.29) is 6.10 Å². The van der Waals surface area contributed by atoms with E-state index in [0.29, 0.717) is 24.0 Å². The minimum atomic E-state index is -0.204. The smallest absolute Gasteiger partial charge is 0.255 e. The van der Waals surface area contributed by atoms with Gasteiger partial charge in [0.25, 0.3) is 5.89 Å². The van der Waals surface area contributed by atoms with E-state index in [2.05, 4.69) is 20.3 Å². The first-order chi connectivity index (χ1) is 8.70. The molecule has 0 aromatic carbocycles. The number of hydrogen-bond donors (Lipinski definition) is 0. The van der Waals surface area contributed by atoms with Crippen LogP contribution >= 0.6 is 0 Å². The molecular formula is C12H16N4O2. The maximum atomic E-state index is 5.51. The lowest BCUT2D eigenvalue weighted by Crippen LogP contribution is -2.01. The van der Waals surface area contributed by atoms with Gasteiger partial charge in [-0.3, -0.25) is 0 Å². The van der Waals surface area contributed by atoms with Crippen LogP contribution in [-0.4, -0.2) is 26.9 Å². The van der Waals surface area contributed by atoms with E-state index in [0.717, 1.165) is 12.1 Å². The highest BCUT2D eigenvalue weighted by Crippen LogP contribution is 2.18. The number of ether oxygens (including phenoxy) is 1. The maximum absolute atomic E-state index is 5.51.